The van der Waals surface area contributed by atoms with Crippen molar-refractivity contribution in [1.29, 1.82) is 0 Å². The van der Waals surface area contributed by atoms with Crippen LogP contribution >= 0.6 is 0 Å². The first-order chi connectivity index (χ1) is 16.0. The van der Waals surface area contributed by atoms with E-state index in [2.05, 4.69) is 60.1 Å². The number of rotatable bonds is 4. The van der Waals surface area contributed by atoms with Crippen LogP contribution in [0.4, 0.5) is 5.69 Å². The van der Waals surface area contributed by atoms with Crippen LogP contribution in [-0.4, -0.2) is 53.4 Å². The molecule has 0 saturated carbocycles. The molecule has 2 aliphatic carbocycles. The van der Waals surface area contributed by atoms with Crippen molar-refractivity contribution in [3.8, 4) is 5.75 Å². The van der Waals surface area contributed by atoms with Crippen molar-refractivity contribution in [1.82, 2.24) is 4.90 Å². The topological polar surface area (TPSA) is 46.9 Å². The third kappa shape index (κ3) is 4.60. The number of hydrogen-bond donors (Lipinski definition) is 2. The number of aromatic hydroxyl groups is 1. The Morgan fingerprint density at radius 1 is 0.909 bits per heavy atom. The highest BCUT2D eigenvalue weighted by Crippen LogP contribution is 2.42. The molecule has 1 fully saturated rings. The van der Waals surface area contributed by atoms with Crippen molar-refractivity contribution in [3.05, 3.63) is 76.4 Å². The summed E-state index contributed by atoms with van der Waals surface area (Å²) >= 11 is 0. The number of allylic oxidation sites excluding steroid dienone is 2. The van der Waals surface area contributed by atoms with Crippen LogP contribution in [0, 0.1) is 0 Å². The lowest BCUT2D eigenvalue weighted by atomic mass is 9.77. The van der Waals surface area contributed by atoms with Gasteiger partial charge < -0.3 is 15.1 Å². The van der Waals surface area contributed by atoms with Crippen LogP contribution in [0.25, 0.3) is 5.57 Å². The number of nitrogens with zero attached hydrogens (tertiary/aromatic N) is 2. The average molecular weight is 445 g/mol. The third-order valence-electron chi connectivity index (χ3n) is 7.65. The van der Waals surface area contributed by atoms with Crippen LogP contribution in [0.15, 0.2) is 59.7 Å². The largest absolute Gasteiger partial charge is 0.508 e. The maximum absolute atomic E-state index is 10.3. The number of aryl methyl sites for hydroxylation is 1. The van der Waals surface area contributed by atoms with Crippen LogP contribution in [-0.2, 0) is 6.42 Å². The molecule has 2 N–H and O–H groups in total. The summed E-state index contributed by atoms with van der Waals surface area (Å²) in [5, 5.41) is 20.3. The van der Waals surface area contributed by atoms with E-state index in [1.807, 2.05) is 6.07 Å². The van der Waals surface area contributed by atoms with Gasteiger partial charge in [-0.25, -0.2) is 0 Å². The summed E-state index contributed by atoms with van der Waals surface area (Å²) in [5.74, 6) is 0.320. The van der Waals surface area contributed by atoms with E-state index in [9.17, 15) is 10.2 Å². The zero-order valence-electron chi connectivity index (χ0n) is 19.9. The number of fused-ring (bicyclic) bond motifs is 1. The quantitative estimate of drug-likeness (QED) is 0.685. The van der Waals surface area contributed by atoms with Gasteiger partial charge in [-0.15, -0.1) is 0 Å². The van der Waals surface area contributed by atoms with Crippen LogP contribution in [0.1, 0.15) is 56.2 Å². The Bertz CT molecular complexity index is 1060. The lowest BCUT2D eigenvalue weighted by molar-refractivity contribution is 0.163. The van der Waals surface area contributed by atoms with Gasteiger partial charge >= 0.3 is 0 Å². The first kappa shape index (κ1) is 22.2. The van der Waals surface area contributed by atoms with Crippen molar-refractivity contribution in [2.45, 2.75) is 58.1 Å². The molecule has 2 aromatic rings. The van der Waals surface area contributed by atoms with Gasteiger partial charge in [0, 0.05) is 37.9 Å². The van der Waals surface area contributed by atoms with Crippen molar-refractivity contribution >= 4 is 11.3 Å². The van der Waals surface area contributed by atoms with Crippen LogP contribution < -0.4 is 4.90 Å². The van der Waals surface area contributed by atoms with E-state index >= 15 is 0 Å². The molecular weight excluding hydrogens is 408 g/mol. The first-order valence-electron chi connectivity index (χ1n) is 12.5. The molecule has 1 saturated heterocycles. The minimum atomic E-state index is -0.215. The van der Waals surface area contributed by atoms with E-state index in [1.54, 1.807) is 6.07 Å². The highest BCUT2D eigenvalue weighted by Gasteiger charge is 2.25. The van der Waals surface area contributed by atoms with E-state index in [0.29, 0.717) is 11.8 Å². The van der Waals surface area contributed by atoms with E-state index in [1.165, 1.54) is 33.5 Å². The minimum Gasteiger partial charge on any atom is -0.508 e. The van der Waals surface area contributed by atoms with Gasteiger partial charge in [0.2, 0.25) is 0 Å². The zero-order chi connectivity index (χ0) is 22.9. The molecule has 0 radical (unpaired) electrons. The number of hydrogen-bond acceptors (Lipinski definition) is 4. The Hall–Kier alpha value is -2.56. The fraction of sp³-hybridized carbons (Fsp3) is 0.448. The summed E-state index contributed by atoms with van der Waals surface area (Å²) in [6.07, 6.45) is 6.51. The molecule has 1 unspecified atom stereocenters. The molecule has 5 rings (SSSR count). The molecule has 4 nitrogen and oxygen atoms in total. The van der Waals surface area contributed by atoms with E-state index in [-0.39, 0.29) is 6.10 Å². The summed E-state index contributed by atoms with van der Waals surface area (Å²) in [4.78, 5) is 5.03. The lowest BCUT2D eigenvalue weighted by Gasteiger charge is -2.38. The molecule has 33 heavy (non-hydrogen) atoms. The highest BCUT2D eigenvalue weighted by atomic mass is 16.3. The Morgan fingerprint density at radius 2 is 1.67 bits per heavy atom. The van der Waals surface area contributed by atoms with Crippen molar-refractivity contribution in [3.63, 3.8) is 0 Å². The highest BCUT2D eigenvalue weighted by molar-refractivity contribution is 5.88. The summed E-state index contributed by atoms with van der Waals surface area (Å²) in [5.41, 5.74) is 8.98. The Balaban J connectivity index is 1.49. The Kier molecular flexibility index (Phi) is 6.31. The van der Waals surface area contributed by atoms with Gasteiger partial charge in [0.25, 0.3) is 0 Å². The Morgan fingerprint density at radius 3 is 2.33 bits per heavy atom. The standard InChI is InChI=1S/C29H36N2O2/c1-20(2)30-15-17-31(18-16-30)24-9-3-23(4-10-24)29-27(21-5-11-25(32)12-6-21)14-8-22-7-13-26(33)19-28(22)29/h3-5,7,9-10,13,19-20,25,32-33H,6,8,11-12,14-18H2,1-2H3. The molecule has 1 heterocycles. The van der Waals surface area contributed by atoms with Gasteiger partial charge in [-0.3, -0.25) is 4.90 Å². The molecule has 3 aliphatic rings. The number of piperazine rings is 1. The fourth-order valence-electron chi connectivity index (χ4n) is 5.64. The van der Waals surface area contributed by atoms with E-state index in [0.717, 1.165) is 63.8 Å². The number of benzene rings is 2. The molecule has 174 valence electrons. The monoisotopic (exact) mass is 444 g/mol. The van der Waals surface area contributed by atoms with Gasteiger partial charge in [0.05, 0.1) is 6.10 Å². The predicted molar refractivity (Wildman–Crippen MR) is 136 cm³/mol. The van der Waals surface area contributed by atoms with Crippen LogP contribution in [0.3, 0.4) is 0 Å². The van der Waals surface area contributed by atoms with Crippen LogP contribution in [0.2, 0.25) is 0 Å². The summed E-state index contributed by atoms with van der Waals surface area (Å²) in [7, 11) is 0. The molecule has 1 atom stereocenters. The average Bonchev–Trinajstić information content (AvgIpc) is 2.84. The van der Waals surface area contributed by atoms with Gasteiger partial charge in [0.15, 0.2) is 0 Å². The van der Waals surface area contributed by atoms with E-state index in [4.69, 9.17) is 0 Å². The fourth-order valence-corrected chi connectivity index (χ4v) is 5.64. The number of aliphatic hydroxyl groups excluding tert-OH is 1. The van der Waals surface area contributed by atoms with E-state index < -0.39 is 0 Å². The second-order valence-corrected chi connectivity index (χ2v) is 10.0. The SMILES string of the molecule is CC(C)N1CCN(c2ccc(C3=C(C4=CCC(O)CC4)CCc4ccc(O)cc43)cc2)CC1. The third-order valence-corrected chi connectivity index (χ3v) is 7.65. The van der Waals surface area contributed by atoms with Gasteiger partial charge in [-0.2, -0.15) is 0 Å². The zero-order valence-corrected chi connectivity index (χ0v) is 19.9. The van der Waals surface area contributed by atoms with Crippen molar-refractivity contribution in [2.75, 3.05) is 31.1 Å². The first-order valence-corrected chi connectivity index (χ1v) is 12.5. The molecule has 0 spiro atoms. The molecule has 4 heteroatoms. The van der Waals surface area contributed by atoms with Crippen molar-refractivity contribution in [2.24, 2.45) is 0 Å². The maximum atomic E-state index is 10.3. The summed E-state index contributed by atoms with van der Waals surface area (Å²) < 4.78 is 0. The number of phenolic OH excluding ortho intramolecular Hbond substituents is 1. The van der Waals surface area contributed by atoms with Crippen LogP contribution in [0.5, 0.6) is 5.75 Å². The Labute approximate surface area is 197 Å². The molecule has 1 aliphatic heterocycles. The van der Waals surface area contributed by atoms with Gasteiger partial charge in [-0.1, -0.05) is 24.3 Å². The molecule has 0 amide bonds. The molecule has 0 bridgehead atoms. The summed E-state index contributed by atoms with van der Waals surface area (Å²) in [6.45, 7) is 8.91. The second kappa shape index (κ2) is 9.36. The van der Waals surface area contributed by atoms with Crippen molar-refractivity contribution < 1.29 is 10.2 Å². The lowest BCUT2D eigenvalue weighted by Crippen LogP contribution is -2.48. The predicted octanol–water partition coefficient (Wildman–Crippen LogP) is 5.14. The second-order valence-electron chi connectivity index (χ2n) is 10.0. The number of phenols is 1. The van der Waals surface area contributed by atoms with Gasteiger partial charge in [0.1, 0.15) is 5.75 Å². The normalized spacial score (nSPS) is 21.9. The smallest absolute Gasteiger partial charge is 0.116 e. The molecular formula is C29H36N2O2. The van der Waals surface area contributed by atoms with Gasteiger partial charge in [-0.05, 0) is 104 Å². The molecule has 0 aromatic heterocycles. The molecule has 2 aromatic carbocycles. The minimum absolute atomic E-state index is 0.215. The number of aliphatic hydroxyl groups is 1. The number of anilines is 1. The maximum Gasteiger partial charge on any atom is 0.116 e. The summed E-state index contributed by atoms with van der Waals surface area (Å²) in [6, 6.07) is 15.5.